The van der Waals surface area contributed by atoms with Crippen molar-refractivity contribution < 1.29 is 23.1 Å². The zero-order chi connectivity index (χ0) is 20.7. The van der Waals surface area contributed by atoms with Crippen molar-refractivity contribution in [1.29, 1.82) is 0 Å². The Morgan fingerprint density at radius 3 is 2.55 bits per heavy atom. The van der Waals surface area contributed by atoms with Crippen LogP contribution in [0.5, 0.6) is 0 Å². The van der Waals surface area contributed by atoms with E-state index in [0.29, 0.717) is 25.6 Å². The minimum absolute atomic E-state index is 0.126. The summed E-state index contributed by atoms with van der Waals surface area (Å²) in [7, 11) is 0. The molecule has 0 spiro atoms. The van der Waals surface area contributed by atoms with Crippen LogP contribution in [-0.4, -0.2) is 28.7 Å². The smallest absolute Gasteiger partial charge is 0.341 e. The predicted octanol–water partition coefficient (Wildman–Crippen LogP) is 3.48. The summed E-state index contributed by atoms with van der Waals surface area (Å²) in [6.45, 7) is 1.21. The van der Waals surface area contributed by atoms with Gasteiger partial charge in [0.25, 0.3) is 0 Å². The van der Waals surface area contributed by atoms with Crippen molar-refractivity contribution in [2.24, 2.45) is 0 Å². The van der Waals surface area contributed by atoms with Crippen molar-refractivity contribution in [3.8, 4) is 5.69 Å². The highest BCUT2D eigenvalue weighted by Crippen LogP contribution is 2.28. The monoisotopic (exact) mass is 400 g/mol. The Hall–Kier alpha value is -3.39. The lowest BCUT2D eigenvalue weighted by Gasteiger charge is -2.18. The molecule has 8 heteroatoms. The molecule has 3 aromatic rings. The minimum Gasteiger partial charge on any atom is -0.477 e. The number of aromatic nitrogens is 1. The second-order valence-electron chi connectivity index (χ2n) is 6.68. The molecule has 148 valence electrons. The SMILES string of the molecule is O=C(O)c1cn(-c2ccc(F)cc2F)c2cc(C3=CCNCC3)c(F)cc2c1=O. The number of pyridine rings is 1. The summed E-state index contributed by atoms with van der Waals surface area (Å²) in [5.41, 5.74) is -0.579. The van der Waals surface area contributed by atoms with Gasteiger partial charge < -0.3 is 15.0 Å². The first-order chi connectivity index (χ1) is 13.9. The van der Waals surface area contributed by atoms with Crippen LogP contribution in [0.2, 0.25) is 0 Å². The van der Waals surface area contributed by atoms with Gasteiger partial charge in [0.15, 0.2) is 0 Å². The third kappa shape index (κ3) is 3.31. The average molecular weight is 400 g/mol. The van der Waals surface area contributed by atoms with Gasteiger partial charge in [0.2, 0.25) is 5.43 Å². The lowest BCUT2D eigenvalue weighted by molar-refractivity contribution is 0.0695. The normalized spacial score (nSPS) is 14.1. The number of benzene rings is 2. The van der Waals surface area contributed by atoms with Gasteiger partial charge in [0, 0.05) is 29.8 Å². The van der Waals surface area contributed by atoms with E-state index in [1.807, 2.05) is 6.08 Å². The lowest BCUT2D eigenvalue weighted by atomic mass is 9.97. The number of halogens is 3. The van der Waals surface area contributed by atoms with E-state index in [-0.39, 0.29) is 22.2 Å². The van der Waals surface area contributed by atoms with Crippen molar-refractivity contribution in [3.63, 3.8) is 0 Å². The molecule has 29 heavy (non-hydrogen) atoms. The molecule has 0 saturated heterocycles. The standard InChI is InChI=1S/C21H15F3N2O3/c22-12-1-2-18(17(24)7-12)26-10-15(21(28)29)20(27)14-8-16(23)13(9-19(14)26)11-3-5-25-6-4-11/h1-3,7-10,25H,4-6H2,(H,28,29). The van der Waals surface area contributed by atoms with Crippen LogP contribution in [-0.2, 0) is 0 Å². The zero-order valence-electron chi connectivity index (χ0n) is 15.0. The molecule has 2 heterocycles. The van der Waals surface area contributed by atoms with Crippen molar-refractivity contribution in [3.05, 3.63) is 81.4 Å². The summed E-state index contributed by atoms with van der Waals surface area (Å²) in [5.74, 6) is -3.95. The molecule has 0 unspecified atom stereocenters. The number of nitrogens with one attached hydrogen (secondary N) is 1. The second kappa shape index (κ2) is 7.21. The van der Waals surface area contributed by atoms with Gasteiger partial charge in [0.05, 0.1) is 11.2 Å². The topological polar surface area (TPSA) is 71.3 Å². The summed E-state index contributed by atoms with van der Waals surface area (Å²) in [6.07, 6.45) is 3.35. The molecule has 0 radical (unpaired) electrons. The maximum Gasteiger partial charge on any atom is 0.341 e. The number of nitrogens with zero attached hydrogens (tertiary/aromatic N) is 1. The van der Waals surface area contributed by atoms with E-state index in [0.717, 1.165) is 34.5 Å². The van der Waals surface area contributed by atoms with Gasteiger partial charge in [-0.25, -0.2) is 18.0 Å². The maximum absolute atomic E-state index is 14.8. The van der Waals surface area contributed by atoms with Gasteiger partial charge in [-0.2, -0.15) is 0 Å². The van der Waals surface area contributed by atoms with Crippen molar-refractivity contribution in [2.45, 2.75) is 6.42 Å². The third-order valence-corrected chi connectivity index (χ3v) is 4.90. The Kier molecular flexibility index (Phi) is 4.71. The summed E-state index contributed by atoms with van der Waals surface area (Å²) in [4.78, 5) is 24.1. The predicted molar refractivity (Wildman–Crippen MR) is 102 cm³/mol. The molecular weight excluding hydrogens is 385 g/mol. The van der Waals surface area contributed by atoms with Crippen LogP contribution < -0.4 is 10.7 Å². The van der Waals surface area contributed by atoms with Gasteiger partial charge in [-0.1, -0.05) is 6.08 Å². The van der Waals surface area contributed by atoms with Crippen molar-refractivity contribution >= 4 is 22.4 Å². The highest BCUT2D eigenvalue weighted by molar-refractivity contribution is 5.94. The number of aromatic carboxylic acids is 1. The van der Waals surface area contributed by atoms with E-state index in [9.17, 15) is 27.9 Å². The van der Waals surface area contributed by atoms with Gasteiger partial charge >= 0.3 is 5.97 Å². The average Bonchev–Trinajstić information content (AvgIpc) is 2.69. The number of rotatable bonds is 3. The van der Waals surface area contributed by atoms with Crippen LogP contribution in [0.1, 0.15) is 22.3 Å². The fourth-order valence-corrected chi connectivity index (χ4v) is 3.49. The van der Waals surface area contributed by atoms with E-state index < -0.39 is 34.4 Å². The van der Waals surface area contributed by atoms with E-state index in [1.165, 1.54) is 6.07 Å². The summed E-state index contributed by atoms with van der Waals surface area (Å²) in [5, 5.41) is 12.3. The molecule has 0 fully saturated rings. The van der Waals surface area contributed by atoms with E-state index in [2.05, 4.69) is 5.32 Å². The van der Waals surface area contributed by atoms with Crippen LogP contribution in [0.25, 0.3) is 22.2 Å². The molecule has 0 aliphatic carbocycles. The molecule has 1 aliphatic rings. The molecule has 2 aromatic carbocycles. The Labute approximate surface area is 162 Å². The fourth-order valence-electron chi connectivity index (χ4n) is 3.49. The van der Waals surface area contributed by atoms with E-state index in [4.69, 9.17) is 0 Å². The van der Waals surface area contributed by atoms with Crippen LogP contribution in [0.15, 0.2) is 47.4 Å². The molecule has 1 aliphatic heterocycles. The number of carbonyl (C=O) groups is 1. The highest BCUT2D eigenvalue weighted by atomic mass is 19.1. The Balaban J connectivity index is 2.09. The highest BCUT2D eigenvalue weighted by Gasteiger charge is 2.20. The largest absolute Gasteiger partial charge is 0.477 e. The fraction of sp³-hybridized carbons (Fsp3) is 0.143. The molecule has 0 amide bonds. The minimum atomic E-state index is -1.53. The lowest BCUT2D eigenvalue weighted by Crippen LogP contribution is -2.21. The molecule has 0 atom stereocenters. The first kappa shape index (κ1) is 18.9. The molecule has 4 rings (SSSR count). The third-order valence-electron chi connectivity index (χ3n) is 4.90. The van der Waals surface area contributed by atoms with Crippen LogP contribution in [0.4, 0.5) is 13.2 Å². The van der Waals surface area contributed by atoms with E-state index in [1.54, 1.807) is 0 Å². The van der Waals surface area contributed by atoms with E-state index >= 15 is 0 Å². The quantitative estimate of drug-likeness (QED) is 0.706. The van der Waals surface area contributed by atoms with Gasteiger partial charge in [-0.15, -0.1) is 0 Å². The summed E-state index contributed by atoms with van der Waals surface area (Å²) >= 11 is 0. The molecular formula is C21H15F3N2O3. The Bertz CT molecular complexity index is 1250. The Morgan fingerprint density at radius 1 is 1.10 bits per heavy atom. The first-order valence-electron chi connectivity index (χ1n) is 8.84. The number of fused-ring (bicyclic) bond motifs is 1. The molecule has 2 N–H and O–H groups in total. The summed E-state index contributed by atoms with van der Waals surface area (Å²) in [6, 6.07) is 5.17. The molecule has 5 nitrogen and oxygen atoms in total. The first-order valence-corrected chi connectivity index (χ1v) is 8.84. The van der Waals surface area contributed by atoms with Crippen LogP contribution in [0.3, 0.4) is 0 Å². The van der Waals surface area contributed by atoms with Gasteiger partial charge in [-0.05, 0) is 42.8 Å². The van der Waals surface area contributed by atoms with Crippen molar-refractivity contribution in [2.75, 3.05) is 13.1 Å². The van der Waals surface area contributed by atoms with Crippen LogP contribution >= 0.6 is 0 Å². The summed E-state index contributed by atoms with van der Waals surface area (Å²) < 4.78 is 43.7. The Morgan fingerprint density at radius 2 is 1.90 bits per heavy atom. The molecule has 0 saturated carbocycles. The number of hydrogen-bond acceptors (Lipinski definition) is 3. The number of carboxylic acids is 1. The maximum atomic E-state index is 14.8. The second-order valence-corrected chi connectivity index (χ2v) is 6.68. The number of hydrogen-bond donors (Lipinski definition) is 2. The molecule has 0 bridgehead atoms. The van der Waals surface area contributed by atoms with Gasteiger partial charge in [-0.3, -0.25) is 4.79 Å². The van der Waals surface area contributed by atoms with Crippen molar-refractivity contribution in [1.82, 2.24) is 9.88 Å². The number of carboxylic acid groups (broad SMARTS) is 1. The van der Waals surface area contributed by atoms with Gasteiger partial charge in [0.1, 0.15) is 23.0 Å². The van der Waals surface area contributed by atoms with Crippen LogP contribution in [0, 0.1) is 17.5 Å². The molecule has 1 aromatic heterocycles. The zero-order valence-corrected chi connectivity index (χ0v) is 15.0.